The molecule has 0 spiro atoms. The van der Waals surface area contributed by atoms with Crippen LogP contribution in [-0.2, 0) is 17.6 Å². The zero-order valence-corrected chi connectivity index (χ0v) is 20.1. The summed E-state index contributed by atoms with van der Waals surface area (Å²) in [6, 6.07) is 26.8. The summed E-state index contributed by atoms with van der Waals surface area (Å²) in [7, 11) is 0. The molecule has 3 aromatic rings. The molecular weight excluding hydrogens is 460 g/mol. The van der Waals surface area contributed by atoms with Crippen LogP contribution in [0.25, 0.3) is 0 Å². The van der Waals surface area contributed by atoms with E-state index in [-0.39, 0.29) is 18.0 Å². The molecule has 1 aliphatic rings. The van der Waals surface area contributed by atoms with E-state index in [2.05, 4.69) is 70.5 Å². The summed E-state index contributed by atoms with van der Waals surface area (Å²) in [6.07, 6.45) is 9.43. The molecule has 0 aliphatic carbocycles. The summed E-state index contributed by atoms with van der Waals surface area (Å²) < 4.78 is 6.81. The highest BCUT2D eigenvalue weighted by molar-refractivity contribution is 9.10. The Bertz CT molecular complexity index is 997. The minimum Gasteiger partial charge on any atom is -0.356 e. The monoisotopic (exact) mass is 490 g/mol. The number of aryl methyl sites for hydroxylation is 2. The van der Waals surface area contributed by atoms with Crippen LogP contribution in [0.3, 0.4) is 0 Å². The quantitative estimate of drug-likeness (QED) is 0.146. The standard InChI is InChI=1S/C29H31BrO2/c30-25-20-18-24(19-21-25)27(31)29-28(32-29)26-17-11-10-16-23(26)15-9-4-2-1-3-6-12-22-13-7-5-8-14-22/h5,7-8,10-11,13-14,16-21,28-29H,1-4,6,9,12,15H2/t28-,29-/m0/s1. The Morgan fingerprint density at radius 2 is 1.34 bits per heavy atom. The number of epoxide rings is 1. The lowest BCUT2D eigenvalue weighted by molar-refractivity contribution is 0.0953. The molecule has 0 bridgehead atoms. The molecule has 3 aromatic carbocycles. The van der Waals surface area contributed by atoms with Crippen LogP contribution in [0.4, 0.5) is 0 Å². The minimum atomic E-state index is -0.345. The largest absolute Gasteiger partial charge is 0.356 e. The Morgan fingerprint density at radius 3 is 2.09 bits per heavy atom. The maximum absolute atomic E-state index is 12.7. The molecule has 1 fully saturated rings. The number of hydrogen-bond acceptors (Lipinski definition) is 2. The molecule has 1 heterocycles. The van der Waals surface area contributed by atoms with Crippen LogP contribution in [0.1, 0.15) is 71.7 Å². The number of carbonyl (C=O) groups excluding carboxylic acids is 1. The molecule has 1 saturated heterocycles. The molecule has 0 aromatic heterocycles. The second-order valence-electron chi connectivity index (χ2n) is 8.65. The average molecular weight is 491 g/mol. The number of unbranched alkanes of at least 4 members (excludes halogenated alkanes) is 5. The van der Waals surface area contributed by atoms with Gasteiger partial charge in [0.15, 0.2) is 11.9 Å². The molecule has 166 valence electrons. The van der Waals surface area contributed by atoms with Gasteiger partial charge in [-0.25, -0.2) is 0 Å². The normalized spacial score (nSPS) is 17.3. The van der Waals surface area contributed by atoms with E-state index in [0.717, 1.165) is 10.9 Å². The number of hydrogen-bond donors (Lipinski definition) is 0. The van der Waals surface area contributed by atoms with E-state index in [1.807, 2.05) is 24.3 Å². The third-order valence-corrected chi connectivity index (χ3v) is 6.77. The van der Waals surface area contributed by atoms with Gasteiger partial charge >= 0.3 is 0 Å². The second-order valence-corrected chi connectivity index (χ2v) is 9.57. The molecule has 3 heteroatoms. The van der Waals surface area contributed by atoms with Gasteiger partial charge in [-0.05, 0) is 54.5 Å². The first-order valence-corrected chi connectivity index (χ1v) is 12.6. The van der Waals surface area contributed by atoms with Crippen molar-refractivity contribution in [1.82, 2.24) is 0 Å². The van der Waals surface area contributed by atoms with E-state index in [9.17, 15) is 4.79 Å². The van der Waals surface area contributed by atoms with Crippen LogP contribution in [0.15, 0.2) is 83.3 Å². The summed E-state index contributed by atoms with van der Waals surface area (Å²) in [5, 5.41) is 0. The van der Waals surface area contributed by atoms with E-state index in [1.165, 1.54) is 61.6 Å². The molecule has 0 amide bonds. The van der Waals surface area contributed by atoms with Crippen LogP contribution in [0.2, 0.25) is 0 Å². The Balaban J connectivity index is 1.18. The van der Waals surface area contributed by atoms with Gasteiger partial charge in [0.05, 0.1) is 0 Å². The van der Waals surface area contributed by atoms with Crippen molar-refractivity contribution in [2.45, 2.75) is 63.6 Å². The summed E-state index contributed by atoms with van der Waals surface area (Å²) in [5.74, 6) is 0.0767. The average Bonchev–Trinajstić information content (AvgIpc) is 3.62. The van der Waals surface area contributed by atoms with E-state index >= 15 is 0 Å². The van der Waals surface area contributed by atoms with Gasteiger partial charge in [-0.2, -0.15) is 0 Å². The van der Waals surface area contributed by atoms with Crippen LogP contribution < -0.4 is 0 Å². The molecular formula is C29H31BrO2. The Hall–Kier alpha value is -2.23. The lowest BCUT2D eigenvalue weighted by atomic mass is 9.95. The van der Waals surface area contributed by atoms with E-state index in [1.54, 1.807) is 0 Å². The van der Waals surface area contributed by atoms with Gasteiger partial charge in [0.2, 0.25) is 0 Å². The van der Waals surface area contributed by atoms with Crippen LogP contribution in [0, 0.1) is 0 Å². The maximum atomic E-state index is 12.7. The SMILES string of the molecule is O=C(c1ccc(Br)cc1)[C@@H]1O[C@H]1c1ccccc1CCCCCCCCc1ccccc1. The van der Waals surface area contributed by atoms with Gasteiger partial charge in [0.1, 0.15) is 6.10 Å². The first-order chi connectivity index (χ1) is 15.7. The van der Waals surface area contributed by atoms with E-state index < -0.39 is 0 Å². The Kier molecular flexibility index (Phi) is 8.30. The van der Waals surface area contributed by atoms with Crippen LogP contribution in [-0.4, -0.2) is 11.9 Å². The molecule has 0 radical (unpaired) electrons. The fourth-order valence-corrected chi connectivity index (χ4v) is 4.63. The van der Waals surface area contributed by atoms with Crippen molar-refractivity contribution in [2.75, 3.05) is 0 Å². The smallest absolute Gasteiger partial charge is 0.194 e. The van der Waals surface area contributed by atoms with E-state index in [0.29, 0.717) is 5.56 Å². The van der Waals surface area contributed by atoms with E-state index in [4.69, 9.17) is 4.74 Å². The van der Waals surface area contributed by atoms with Gasteiger partial charge in [0, 0.05) is 10.0 Å². The number of benzene rings is 3. The lowest BCUT2D eigenvalue weighted by Crippen LogP contribution is -2.08. The van der Waals surface area contributed by atoms with Gasteiger partial charge < -0.3 is 4.74 Å². The van der Waals surface area contributed by atoms with Crippen molar-refractivity contribution < 1.29 is 9.53 Å². The number of ketones is 1. The van der Waals surface area contributed by atoms with Crippen LogP contribution in [0.5, 0.6) is 0 Å². The Labute approximate surface area is 200 Å². The van der Waals surface area contributed by atoms with Crippen molar-refractivity contribution in [2.24, 2.45) is 0 Å². The highest BCUT2D eigenvalue weighted by Crippen LogP contribution is 2.42. The third-order valence-electron chi connectivity index (χ3n) is 6.24. The zero-order chi connectivity index (χ0) is 22.2. The predicted molar refractivity (Wildman–Crippen MR) is 134 cm³/mol. The Morgan fingerprint density at radius 1 is 0.719 bits per heavy atom. The van der Waals surface area contributed by atoms with Crippen molar-refractivity contribution in [3.05, 3.63) is 106 Å². The highest BCUT2D eigenvalue weighted by Gasteiger charge is 2.46. The number of Topliss-reactive ketones (excluding diaryl/α,β-unsaturated/α-hetero) is 1. The number of rotatable bonds is 12. The predicted octanol–water partition coefficient (Wildman–Crippen LogP) is 7.90. The molecule has 2 nitrogen and oxygen atoms in total. The maximum Gasteiger partial charge on any atom is 0.194 e. The fourth-order valence-electron chi connectivity index (χ4n) is 4.36. The summed E-state index contributed by atoms with van der Waals surface area (Å²) in [6.45, 7) is 0. The van der Waals surface area contributed by atoms with Crippen molar-refractivity contribution in [1.29, 1.82) is 0 Å². The molecule has 32 heavy (non-hydrogen) atoms. The second kappa shape index (κ2) is 11.6. The lowest BCUT2D eigenvalue weighted by Gasteiger charge is -2.08. The molecule has 1 aliphatic heterocycles. The summed E-state index contributed by atoms with van der Waals surface area (Å²) >= 11 is 3.42. The number of ether oxygens (including phenoxy) is 1. The fraction of sp³-hybridized carbons (Fsp3) is 0.345. The third kappa shape index (κ3) is 6.40. The molecule has 0 unspecified atom stereocenters. The highest BCUT2D eigenvalue weighted by atomic mass is 79.9. The minimum absolute atomic E-state index is 0.0767. The first-order valence-electron chi connectivity index (χ1n) is 11.8. The van der Waals surface area contributed by atoms with Crippen molar-refractivity contribution >= 4 is 21.7 Å². The summed E-state index contributed by atoms with van der Waals surface area (Å²) in [4.78, 5) is 12.7. The molecule has 0 N–H and O–H groups in total. The van der Waals surface area contributed by atoms with Gasteiger partial charge in [-0.3, -0.25) is 4.79 Å². The zero-order valence-electron chi connectivity index (χ0n) is 18.5. The number of carbonyl (C=O) groups is 1. The van der Waals surface area contributed by atoms with Crippen LogP contribution >= 0.6 is 15.9 Å². The number of halogens is 1. The topological polar surface area (TPSA) is 29.6 Å². The van der Waals surface area contributed by atoms with Crippen molar-refractivity contribution in [3.8, 4) is 0 Å². The molecule has 2 atom stereocenters. The van der Waals surface area contributed by atoms with Gasteiger partial charge in [-0.1, -0.05) is 108 Å². The van der Waals surface area contributed by atoms with Gasteiger partial charge in [0.25, 0.3) is 0 Å². The first kappa shape index (κ1) is 22.9. The summed E-state index contributed by atoms with van der Waals surface area (Å²) in [5.41, 5.74) is 4.67. The van der Waals surface area contributed by atoms with Gasteiger partial charge in [-0.15, -0.1) is 0 Å². The molecule has 4 rings (SSSR count). The van der Waals surface area contributed by atoms with Crippen molar-refractivity contribution in [3.63, 3.8) is 0 Å². The molecule has 0 saturated carbocycles.